The van der Waals surface area contributed by atoms with Gasteiger partial charge in [0, 0.05) is 10.7 Å². The predicted molar refractivity (Wildman–Crippen MR) is 74.9 cm³/mol. The van der Waals surface area contributed by atoms with E-state index in [9.17, 15) is 12.8 Å². The SMILES string of the molecule is N#Cc1ccc(COc2ccc(F)cc2S(=O)(=O)Cl)cc1. The molecule has 7 heteroatoms. The monoisotopic (exact) mass is 325 g/mol. The summed E-state index contributed by atoms with van der Waals surface area (Å²) in [6, 6.07) is 11.7. The topological polar surface area (TPSA) is 67.2 Å². The van der Waals surface area contributed by atoms with E-state index in [0.29, 0.717) is 5.56 Å². The fourth-order valence-corrected chi connectivity index (χ4v) is 2.61. The maximum atomic E-state index is 13.1. The number of ether oxygens (including phenoxy) is 1. The summed E-state index contributed by atoms with van der Waals surface area (Å²) in [4.78, 5) is -0.419. The zero-order valence-electron chi connectivity index (χ0n) is 10.6. The third-order valence-electron chi connectivity index (χ3n) is 2.65. The first-order valence-corrected chi connectivity index (χ1v) is 8.07. The van der Waals surface area contributed by atoms with E-state index in [4.69, 9.17) is 20.7 Å². The molecule has 0 spiro atoms. The molecule has 0 atom stereocenters. The number of nitrogens with zero attached hydrogens (tertiary/aromatic N) is 1. The maximum Gasteiger partial charge on any atom is 0.265 e. The van der Waals surface area contributed by atoms with Crippen LogP contribution in [-0.2, 0) is 15.7 Å². The quantitative estimate of drug-likeness (QED) is 0.810. The van der Waals surface area contributed by atoms with Crippen LogP contribution >= 0.6 is 10.7 Å². The highest BCUT2D eigenvalue weighted by atomic mass is 35.7. The number of rotatable bonds is 4. The lowest BCUT2D eigenvalue weighted by Crippen LogP contribution is -2.01. The second kappa shape index (κ2) is 6.12. The minimum absolute atomic E-state index is 0.0317. The second-order valence-corrected chi connectivity index (χ2v) is 6.66. The van der Waals surface area contributed by atoms with E-state index in [1.165, 1.54) is 6.07 Å². The highest BCUT2D eigenvalue weighted by Gasteiger charge is 2.18. The molecule has 0 fully saturated rings. The normalized spacial score (nSPS) is 10.9. The van der Waals surface area contributed by atoms with Crippen LogP contribution in [0.4, 0.5) is 4.39 Å². The van der Waals surface area contributed by atoms with Gasteiger partial charge in [0.15, 0.2) is 0 Å². The van der Waals surface area contributed by atoms with E-state index >= 15 is 0 Å². The lowest BCUT2D eigenvalue weighted by molar-refractivity contribution is 0.297. The highest BCUT2D eigenvalue weighted by Crippen LogP contribution is 2.28. The first-order chi connectivity index (χ1) is 9.90. The minimum Gasteiger partial charge on any atom is -0.487 e. The van der Waals surface area contributed by atoms with Gasteiger partial charge in [-0.15, -0.1) is 0 Å². The van der Waals surface area contributed by atoms with Gasteiger partial charge in [-0.3, -0.25) is 0 Å². The smallest absolute Gasteiger partial charge is 0.265 e. The average Bonchev–Trinajstić information content (AvgIpc) is 2.45. The molecule has 0 unspecified atom stereocenters. The number of hydrogen-bond donors (Lipinski definition) is 0. The molecule has 0 saturated heterocycles. The van der Waals surface area contributed by atoms with Crippen molar-refractivity contribution in [3.8, 4) is 11.8 Å². The first kappa shape index (κ1) is 15.3. The molecule has 0 bridgehead atoms. The van der Waals surface area contributed by atoms with E-state index in [1.54, 1.807) is 24.3 Å². The van der Waals surface area contributed by atoms with Crippen LogP contribution < -0.4 is 4.74 Å². The van der Waals surface area contributed by atoms with E-state index in [1.807, 2.05) is 6.07 Å². The van der Waals surface area contributed by atoms with Crippen LogP contribution in [0.15, 0.2) is 47.4 Å². The van der Waals surface area contributed by atoms with Gasteiger partial charge >= 0.3 is 0 Å². The first-order valence-electron chi connectivity index (χ1n) is 5.76. The van der Waals surface area contributed by atoms with Gasteiger partial charge in [0.25, 0.3) is 9.05 Å². The van der Waals surface area contributed by atoms with Crippen LogP contribution in [0.2, 0.25) is 0 Å². The van der Waals surface area contributed by atoms with Crippen LogP contribution in [0.1, 0.15) is 11.1 Å². The van der Waals surface area contributed by atoms with Gasteiger partial charge in [0.1, 0.15) is 23.1 Å². The van der Waals surface area contributed by atoms with Gasteiger partial charge in [-0.05, 0) is 35.9 Å². The fraction of sp³-hybridized carbons (Fsp3) is 0.0714. The van der Waals surface area contributed by atoms with Crippen molar-refractivity contribution in [2.75, 3.05) is 0 Å². The number of benzene rings is 2. The average molecular weight is 326 g/mol. The third kappa shape index (κ3) is 3.94. The lowest BCUT2D eigenvalue weighted by atomic mass is 10.2. The second-order valence-electron chi connectivity index (χ2n) is 4.13. The Balaban J connectivity index is 2.22. The zero-order chi connectivity index (χ0) is 15.5. The fourth-order valence-electron chi connectivity index (χ4n) is 1.63. The minimum atomic E-state index is -4.11. The van der Waals surface area contributed by atoms with Gasteiger partial charge in [-0.25, -0.2) is 12.8 Å². The zero-order valence-corrected chi connectivity index (χ0v) is 12.2. The predicted octanol–water partition coefficient (Wildman–Crippen LogP) is 3.20. The van der Waals surface area contributed by atoms with Gasteiger partial charge in [0.05, 0.1) is 11.6 Å². The Morgan fingerprint density at radius 1 is 1.19 bits per heavy atom. The molecule has 0 heterocycles. The Labute approximate surface area is 125 Å². The number of halogens is 2. The molecule has 21 heavy (non-hydrogen) atoms. The summed E-state index contributed by atoms with van der Waals surface area (Å²) in [5.41, 5.74) is 1.24. The number of hydrogen-bond acceptors (Lipinski definition) is 4. The molecule has 0 aliphatic heterocycles. The summed E-state index contributed by atoms with van der Waals surface area (Å²) < 4.78 is 41.2. The summed E-state index contributed by atoms with van der Waals surface area (Å²) in [5.74, 6) is -0.754. The Morgan fingerprint density at radius 2 is 1.86 bits per heavy atom. The largest absolute Gasteiger partial charge is 0.487 e. The summed E-state index contributed by atoms with van der Waals surface area (Å²) in [6.07, 6.45) is 0. The van der Waals surface area contributed by atoms with E-state index in [0.717, 1.165) is 17.7 Å². The van der Waals surface area contributed by atoms with Crippen LogP contribution in [0, 0.1) is 17.1 Å². The van der Waals surface area contributed by atoms with Gasteiger partial charge < -0.3 is 4.74 Å². The molecule has 0 aliphatic carbocycles. The van der Waals surface area contributed by atoms with Crippen LogP contribution in [0.5, 0.6) is 5.75 Å². The van der Waals surface area contributed by atoms with Crippen molar-refractivity contribution in [3.63, 3.8) is 0 Å². The standard InChI is InChI=1S/C14H9ClFNO3S/c15-21(18,19)14-7-12(16)5-6-13(14)20-9-11-3-1-10(8-17)2-4-11/h1-7H,9H2. The van der Waals surface area contributed by atoms with E-state index in [2.05, 4.69) is 0 Å². The van der Waals surface area contributed by atoms with Gasteiger partial charge in [0.2, 0.25) is 0 Å². The molecule has 0 aromatic heterocycles. The molecule has 0 N–H and O–H groups in total. The van der Waals surface area contributed by atoms with Crippen LogP contribution in [0.3, 0.4) is 0 Å². The molecule has 2 aromatic rings. The highest BCUT2D eigenvalue weighted by molar-refractivity contribution is 8.13. The van der Waals surface area contributed by atoms with Crippen molar-refractivity contribution in [1.82, 2.24) is 0 Å². The summed E-state index contributed by atoms with van der Waals surface area (Å²) >= 11 is 0. The van der Waals surface area contributed by atoms with E-state index in [-0.39, 0.29) is 12.4 Å². The van der Waals surface area contributed by atoms with Crippen molar-refractivity contribution in [3.05, 3.63) is 59.4 Å². The summed E-state index contributed by atoms with van der Waals surface area (Å²) in [7, 11) is 1.14. The Bertz CT molecular complexity index is 798. The van der Waals surface area contributed by atoms with Crippen molar-refractivity contribution in [2.24, 2.45) is 0 Å². The Morgan fingerprint density at radius 3 is 2.43 bits per heavy atom. The van der Waals surface area contributed by atoms with E-state index < -0.39 is 19.8 Å². The Hall–Kier alpha value is -2.10. The molecule has 4 nitrogen and oxygen atoms in total. The molecule has 2 rings (SSSR count). The summed E-state index contributed by atoms with van der Waals surface area (Å²) in [6.45, 7) is 0.0662. The maximum absolute atomic E-state index is 13.1. The van der Waals surface area contributed by atoms with Crippen molar-refractivity contribution in [1.29, 1.82) is 5.26 Å². The third-order valence-corrected chi connectivity index (χ3v) is 3.99. The van der Waals surface area contributed by atoms with Crippen LogP contribution in [-0.4, -0.2) is 8.42 Å². The van der Waals surface area contributed by atoms with Gasteiger partial charge in [-0.1, -0.05) is 12.1 Å². The van der Waals surface area contributed by atoms with Gasteiger partial charge in [-0.2, -0.15) is 5.26 Å². The van der Waals surface area contributed by atoms with Crippen molar-refractivity contribution in [2.45, 2.75) is 11.5 Å². The molecular weight excluding hydrogens is 317 g/mol. The summed E-state index contributed by atoms with van der Waals surface area (Å²) in [5, 5.41) is 8.69. The molecule has 2 aromatic carbocycles. The Kier molecular flexibility index (Phi) is 4.46. The van der Waals surface area contributed by atoms with Crippen LogP contribution in [0.25, 0.3) is 0 Å². The molecule has 0 aliphatic rings. The molecular formula is C14H9ClFNO3S. The lowest BCUT2D eigenvalue weighted by Gasteiger charge is -2.09. The molecule has 0 radical (unpaired) electrons. The van der Waals surface area contributed by atoms with Crippen molar-refractivity contribution < 1.29 is 17.5 Å². The molecule has 108 valence electrons. The molecule has 0 amide bonds. The van der Waals surface area contributed by atoms with Crippen molar-refractivity contribution >= 4 is 19.7 Å². The molecule has 0 saturated carbocycles. The number of nitriles is 1.